The molecule has 15 heavy (non-hydrogen) atoms. The van der Waals surface area contributed by atoms with Crippen molar-refractivity contribution in [2.24, 2.45) is 0 Å². The molecule has 2 rings (SSSR count). The van der Waals surface area contributed by atoms with E-state index in [0.717, 1.165) is 25.2 Å². The van der Waals surface area contributed by atoms with Gasteiger partial charge in [-0.1, -0.05) is 6.07 Å². The van der Waals surface area contributed by atoms with Crippen LogP contribution in [0.5, 0.6) is 0 Å². The van der Waals surface area contributed by atoms with Gasteiger partial charge in [-0.25, -0.2) is 0 Å². The number of nitrogens with zero attached hydrogens (tertiary/aromatic N) is 1. The van der Waals surface area contributed by atoms with Crippen LogP contribution in [-0.4, -0.2) is 13.2 Å². The molecule has 1 saturated heterocycles. The summed E-state index contributed by atoms with van der Waals surface area (Å²) in [6.45, 7) is 3.79. The first-order valence-corrected chi connectivity index (χ1v) is 5.39. The van der Waals surface area contributed by atoms with Gasteiger partial charge in [0.05, 0.1) is 18.2 Å². The number of benzene rings is 1. The van der Waals surface area contributed by atoms with E-state index in [1.54, 1.807) is 0 Å². The summed E-state index contributed by atoms with van der Waals surface area (Å²) in [5.41, 5.74) is 3.30. The Kier molecular flexibility index (Phi) is 3.03. The van der Waals surface area contributed by atoms with Gasteiger partial charge in [0.25, 0.3) is 0 Å². The maximum Gasteiger partial charge on any atom is 0.0991 e. The van der Waals surface area contributed by atoms with E-state index in [9.17, 15) is 0 Å². The maximum atomic E-state index is 8.79. The molecule has 0 amide bonds. The first-order valence-electron chi connectivity index (χ1n) is 5.39. The third kappa shape index (κ3) is 2.19. The molecule has 1 aliphatic heterocycles. The molecule has 1 aromatic rings. The second-order valence-corrected chi connectivity index (χ2v) is 4.10. The summed E-state index contributed by atoms with van der Waals surface area (Å²) in [5, 5.41) is 8.79. The standard InChI is InChI=1S/C13H15NO/c1-10-7-11(8-14)4-5-13(10)12-3-2-6-15-9-12/h4-5,7,12H,2-3,6,9H2,1H3. The van der Waals surface area contributed by atoms with Crippen molar-refractivity contribution in [1.82, 2.24) is 0 Å². The molecule has 1 fully saturated rings. The van der Waals surface area contributed by atoms with E-state index in [1.807, 2.05) is 12.1 Å². The summed E-state index contributed by atoms with van der Waals surface area (Å²) in [6.07, 6.45) is 2.34. The number of nitriles is 1. The van der Waals surface area contributed by atoms with Crippen molar-refractivity contribution in [3.05, 3.63) is 34.9 Å². The minimum absolute atomic E-state index is 0.520. The second-order valence-electron chi connectivity index (χ2n) is 4.10. The highest BCUT2D eigenvalue weighted by Gasteiger charge is 2.17. The normalized spacial score (nSPS) is 20.9. The molecule has 1 aromatic carbocycles. The molecule has 0 spiro atoms. The highest BCUT2D eigenvalue weighted by atomic mass is 16.5. The molecule has 1 aliphatic rings. The topological polar surface area (TPSA) is 33.0 Å². The van der Waals surface area contributed by atoms with Gasteiger partial charge in [-0.05, 0) is 43.0 Å². The van der Waals surface area contributed by atoms with Crippen molar-refractivity contribution in [2.45, 2.75) is 25.7 Å². The molecule has 1 atom stereocenters. The minimum atomic E-state index is 0.520. The van der Waals surface area contributed by atoms with Crippen LogP contribution in [0, 0.1) is 18.3 Å². The zero-order chi connectivity index (χ0) is 10.7. The summed E-state index contributed by atoms with van der Waals surface area (Å²) in [4.78, 5) is 0. The van der Waals surface area contributed by atoms with E-state index >= 15 is 0 Å². The van der Waals surface area contributed by atoms with Crippen LogP contribution in [0.15, 0.2) is 18.2 Å². The van der Waals surface area contributed by atoms with Gasteiger partial charge in [-0.2, -0.15) is 5.26 Å². The summed E-state index contributed by atoms with van der Waals surface area (Å²) >= 11 is 0. The second kappa shape index (κ2) is 4.46. The first-order chi connectivity index (χ1) is 7.31. The lowest BCUT2D eigenvalue weighted by molar-refractivity contribution is 0.0803. The van der Waals surface area contributed by atoms with E-state index in [1.165, 1.54) is 17.5 Å². The number of hydrogen-bond donors (Lipinski definition) is 0. The summed E-state index contributed by atoms with van der Waals surface area (Å²) < 4.78 is 5.48. The fourth-order valence-corrected chi connectivity index (χ4v) is 2.19. The van der Waals surface area contributed by atoms with Gasteiger partial charge >= 0.3 is 0 Å². The first kappa shape index (κ1) is 10.2. The molecule has 1 unspecified atom stereocenters. The summed E-state index contributed by atoms with van der Waals surface area (Å²) in [6, 6.07) is 8.11. The molecule has 1 heterocycles. The molecule has 78 valence electrons. The zero-order valence-corrected chi connectivity index (χ0v) is 8.99. The van der Waals surface area contributed by atoms with Crippen LogP contribution in [0.1, 0.15) is 35.4 Å². The van der Waals surface area contributed by atoms with Gasteiger partial charge in [0.15, 0.2) is 0 Å². The summed E-state index contributed by atoms with van der Waals surface area (Å²) in [5.74, 6) is 0.520. The molecule has 0 aromatic heterocycles. The fourth-order valence-electron chi connectivity index (χ4n) is 2.19. The van der Waals surface area contributed by atoms with E-state index in [4.69, 9.17) is 10.00 Å². The third-order valence-corrected chi connectivity index (χ3v) is 3.00. The molecule has 0 radical (unpaired) electrons. The largest absolute Gasteiger partial charge is 0.381 e. The predicted octanol–water partition coefficient (Wildman–Crippen LogP) is 2.76. The Labute approximate surface area is 90.5 Å². The molecule has 2 nitrogen and oxygen atoms in total. The van der Waals surface area contributed by atoms with Crippen LogP contribution in [0.2, 0.25) is 0 Å². The molecule has 0 aliphatic carbocycles. The lowest BCUT2D eigenvalue weighted by Gasteiger charge is -2.23. The fraction of sp³-hybridized carbons (Fsp3) is 0.462. The van der Waals surface area contributed by atoms with Crippen LogP contribution >= 0.6 is 0 Å². The third-order valence-electron chi connectivity index (χ3n) is 3.00. The molecular formula is C13H15NO. The van der Waals surface area contributed by atoms with Gasteiger partial charge in [0, 0.05) is 12.5 Å². The number of hydrogen-bond acceptors (Lipinski definition) is 2. The molecule has 0 saturated carbocycles. The Morgan fingerprint density at radius 3 is 2.93 bits per heavy atom. The Balaban J connectivity index is 2.24. The average Bonchev–Trinajstić information content (AvgIpc) is 2.30. The Morgan fingerprint density at radius 2 is 2.33 bits per heavy atom. The van der Waals surface area contributed by atoms with E-state index < -0.39 is 0 Å². The zero-order valence-electron chi connectivity index (χ0n) is 8.99. The predicted molar refractivity (Wildman–Crippen MR) is 58.7 cm³/mol. The van der Waals surface area contributed by atoms with Gasteiger partial charge in [0.1, 0.15) is 0 Å². The van der Waals surface area contributed by atoms with Crippen molar-refractivity contribution >= 4 is 0 Å². The van der Waals surface area contributed by atoms with Crippen molar-refractivity contribution in [3.63, 3.8) is 0 Å². The van der Waals surface area contributed by atoms with Crippen LogP contribution in [-0.2, 0) is 4.74 Å². The van der Waals surface area contributed by atoms with Crippen molar-refractivity contribution in [1.29, 1.82) is 5.26 Å². The Hall–Kier alpha value is -1.33. The molecule has 0 bridgehead atoms. The number of rotatable bonds is 1. The molecule has 0 N–H and O–H groups in total. The smallest absolute Gasteiger partial charge is 0.0991 e. The van der Waals surface area contributed by atoms with Crippen LogP contribution in [0.25, 0.3) is 0 Å². The highest BCUT2D eigenvalue weighted by Crippen LogP contribution is 2.28. The lowest BCUT2D eigenvalue weighted by Crippen LogP contribution is -2.16. The van der Waals surface area contributed by atoms with Gasteiger partial charge < -0.3 is 4.74 Å². The monoisotopic (exact) mass is 201 g/mol. The van der Waals surface area contributed by atoms with Crippen LogP contribution in [0.3, 0.4) is 0 Å². The molecule has 2 heteroatoms. The quantitative estimate of drug-likeness (QED) is 0.700. The Bertz CT molecular complexity index is 386. The maximum absolute atomic E-state index is 8.79. The average molecular weight is 201 g/mol. The number of aryl methyl sites for hydroxylation is 1. The lowest BCUT2D eigenvalue weighted by atomic mass is 9.89. The summed E-state index contributed by atoms with van der Waals surface area (Å²) in [7, 11) is 0. The van der Waals surface area contributed by atoms with Gasteiger partial charge in [0.2, 0.25) is 0 Å². The van der Waals surface area contributed by atoms with E-state index in [0.29, 0.717) is 5.92 Å². The van der Waals surface area contributed by atoms with Crippen LogP contribution in [0.4, 0.5) is 0 Å². The Morgan fingerprint density at radius 1 is 1.47 bits per heavy atom. The SMILES string of the molecule is Cc1cc(C#N)ccc1C1CCCOC1. The van der Waals surface area contributed by atoms with Crippen molar-refractivity contribution < 1.29 is 4.74 Å². The minimum Gasteiger partial charge on any atom is -0.381 e. The van der Waals surface area contributed by atoms with Crippen molar-refractivity contribution in [2.75, 3.05) is 13.2 Å². The highest BCUT2D eigenvalue weighted by molar-refractivity contribution is 5.39. The van der Waals surface area contributed by atoms with E-state index in [2.05, 4.69) is 19.1 Å². The number of ether oxygens (including phenoxy) is 1. The van der Waals surface area contributed by atoms with Crippen LogP contribution < -0.4 is 0 Å². The van der Waals surface area contributed by atoms with Crippen molar-refractivity contribution in [3.8, 4) is 6.07 Å². The van der Waals surface area contributed by atoms with E-state index in [-0.39, 0.29) is 0 Å². The van der Waals surface area contributed by atoms with Gasteiger partial charge in [-0.15, -0.1) is 0 Å². The molecular weight excluding hydrogens is 186 g/mol. The van der Waals surface area contributed by atoms with Gasteiger partial charge in [-0.3, -0.25) is 0 Å².